The Morgan fingerprint density at radius 1 is 1.58 bits per heavy atom. The smallest absolute Gasteiger partial charge is 0.227 e. The minimum atomic E-state index is -0.436. The lowest BCUT2D eigenvalue weighted by Crippen LogP contribution is -2.31. The number of halogens is 1. The van der Waals surface area contributed by atoms with Gasteiger partial charge in [-0.05, 0) is 36.6 Å². The van der Waals surface area contributed by atoms with Gasteiger partial charge in [0.25, 0.3) is 0 Å². The number of hydrogen-bond acceptors (Lipinski definition) is 3. The third-order valence-corrected chi connectivity index (χ3v) is 3.54. The van der Waals surface area contributed by atoms with Crippen LogP contribution in [0.25, 0.3) is 0 Å². The lowest BCUT2D eigenvalue weighted by Gasteiger charge is -2.16. The van der Waals surface area contributed by atoms with Crippen LogP contribution in [-0.2, 0) is 11.2 Å². The summed E-state index contributed by atoms with van der Waals surface area (Å²) < 4.78 is 18.4. The van der Waals surface area contributed by atoms with Crippen LogP contribution in [0, 0.1) is 11.7 Å². The van der Waals surface area contributed by atoms with E-state index < -0.39 is 5.82 Å². The molecule has 1 heterocycles. The van der Waals surface area contributed by atoms with Crippen molar-refractivity contribution < 1.29 is 13.9 Å². The number of rotatable bonds is 4. The third-order valence-electron chi connectivity index (χ3n) is 3.54. The lowest BCUT2D eigenvalue weighted by atomic mass is 10.1. The van der Waals surface area contributed by atoms with Crippen LogP contribution in [0.4, 0.5) is 4.39 Å². The summed E-state index contributed by atoms with van der Waals surface area (Å²) in [7, 11) is 1.42. The van der Waals surface area contributed by atoms with Crippen molar-refractivity contribution >= 4 is 5.91 Å². The predicted molar refractivity (Wildman–Crippen MR) is 70.4 cm³/mol. The molecule has 1 atom stereocenters. The average Bonchev–Trinajstić information content (AvgIpc) is 2.88. The molecular weight excluding hydrogens is 247 g/mol. The molecule has 1 aliphatic rings. The van der Waals surface area contributed by atoms with Gasteiger partial charge in [0, 0.05) is 13.1 Å². The van der Waals surface area contributed by atoms with Crippen LogP contribution in [0.15, 0.2) is 18.2 Å². The second-order valence-corrected chi connectivity index (χ2v) is 4.88. The molecule has 0 aliphatic carbocycles. The maximum Gasteiger partial charge on any atom is 0.227 e. The molecule has 1 amide bonds. The second kappa shape index (κ2) is 6.02. The van der Waals surface area contributed by atoms with E-state index in [1.807, 2.05) is 0 Å². The van der Waals surface area contributed by atoms with E-state index >= 15 is 0 Å². The first kappa shape index (κ1) is 13.8. The standard InChI is InChI=1S/C14H19FN2O2/c1-19-13-3-2-10(6-12(13)15)7-14(18)17-5-4-11(8-16)9-17/h2-3,6,11H,4-5,7-9,16H2,1H3/t11-/m1/s1. The van der Waals surface area contributed by atoms with Gasteiger partial charge < -0.3 is 15.4 Å². The van der Waals surface area contributed by atoms with Crippen molar-refractivity contribution in [3.8, 4) is 5.75 Å². The Balaban J connectivity index is 1.97. The van der Waals surface area contributed by atoms with Gasteiger partial charge in [0.05, 0.1) is 13.5 Å². The summed E-state index contributed by atoms with van der Waals surface area (Å²) in [6, 6.07) is 4.62. The van der Waals surface area contributed by atoms with E-state index in [4.69, 9.17) is 10.5 Å². The van der Waals surface area contributed by atoms with E-state index in [0.717, 1.165) is 13.0 Å². The Morgan fingerprint density at radius 2 is 2.37 bits per heavy atom. The second-order valence-electron chi connectivity index (χ2n) is 4.88. The van der Waals surface area contributed by atoms with Crippen molar-refractivity contribution in [2.45, 2.75) is 12.8 Å². The Morgan fingerprint density at radius 3 is 2.95 bits per heavy atom. The Kier molecular flexibility index (Phi) is 4.37. The molecule has 1 saturated heterocycles. The number of amides is 1. The number of ether oxygens (including phenoxy) is 1. The number of hydrogen-bond donors (Lipinski definition) is 1. The van der Waals surface area contributed by atoms with E-state index in [9.17, 15) is 9.18 Å². The van der Waals surface area contributed by atoms with Crippen LogP contribution < -0.4 is 10.5 Å². The molecule has 0 aromatic heterocycles. The van der Waals surface area contributed by atoms with Gasteiger partial charge in [-0.15, -0.1) is 0 Å². The number of carbonyl (C=O) groups is 1. The minimum absolute atomic E-state index is 0.0283. The van der Waals surface area contributed by atoms with Crippen molar-refractivity contribution in [3.63, 3.8) is 0 Å². The summed E-state index contributed by atoms with van der Waals surface area (Å²) >= 11 is 0. The SMILES string of the molecule is COc1ccc(CC(=O)N2CC[C@H](CN)C2)cc1F. The highest BCUT2D eigenvalue weighted by Crippen LogP contribution is 2.20. The summed E-state index contributed by atoms with van der Waals surface area (Å²) in [5.74, 6) is 0.187. The first-order chi connectivity index (χ1) is 9.13. The van der Waals surface area contributed by atoms with Gasteiger partial charge in [-0.25, -0.2) is 4.39 Å². The summed E-state index contributed by atoms with van der Waals surface area (Å²) in [6.45, 7) is 2.08. The van der Waals surface area contributed by atoms with Crippen LogP contribution in [-0.4, -0.2) is 37.6 Å². The molecular formula is C14H19FN2O2. The number of likely N-dealkylation sites (tertiary alicyclic amines) is 1. The van der Waals surface area contributed by atoms with Gasteiger partial charge >= 0.3 is 0 Å². The molecule has 0 bridgehead atoms. The minimum Gasteiger partial charge on any atom is -0.494 e. The summed E-state index contributed by atoms with van der Waals surface area (Å²) in [4.78, 5) is 13.9. The molecule has 4 nitrogen and oxygen atoms in total. The van der Waals surface area contributed by atoms with Gasteiger partial charge in [-0.2, -0.15) is 0 Å². The Bertz CT molecular complexity index is 465. The normalized spacial score (nSPS) is 18.7. The highest BCUT2D eigenvalue weighted by Gasteiger charge is 2.25. The van der Waals surface area contributed by atoms with Crippen molar-refractivity contribution in [3.05, 3.63) is 29.6 Å². The van der Waals surface area contributed by atoms with E-state index in [1.165, 1.54) is 13.2 Å². The van der Waals surface area contributed by atoms with Crippen molar-refractivity contribution in [2.75, 3.05) is 26.7 Å². The topological polar surface area (TPSA) is 55.6 Å². The maximum absolute atomic E-state index is 13.5. The average molecular weight is 266 g/mol. The quantitative estimate of drug-likeness (QED) is 0.890. The largest absolute Gasteiger partial charge is 0.494 e. The number of carbonyl (C=O) groups excluding carboxylic acids is 1. The molecule has 104 valence electrons. The van der Waals surface area contributed by atoms with E-state index in [1.54, 1.807) is 17.0 Å². The van der Waals surface area contributed by atoms with Gasteiger partial charge in [0.2, 0.25) is 5.91 Å². The molecule has 1 aliphatic heterocycles. The zero-order valence-electron chi connectivity index (χ0n) is 11.1. The third kappa shape index (κ3) is 3.23. The highest BCUT2D eigenvalue weighted by atomic mass is 19.1. The number of methoxy groups -OCH3 is 1. The van der Waals surface area contributed by atoms with Crippen LogP contribution >= 0.6 is 0 Å². The van der Waals surface area contributed by atoms with Crippen molar-refractivity contribution in [1.82, 2.24) is 4.90 Å². The van der Waals surface area contributed by atoms with Crippen LogP contribution in [0.1, 0.15) is 12.0 Å². The summed E-state index contributed by atoms with van der Waals surface area (Å²) in [5, 5.41) is 0. The fourth-order valence-corrected chi connectivity index (χ4v) is 2.36. The zero-order chi connectivity index (χ0) is 13.8. The molecule has 5 heteroatoms. The van der Waals surface area contributed by atoms with Gasteiger partial charge in [0.15, 0.2) is 11.6 Å². The lowest BCUT2D eigenvalue weighted by molar-refractivity contribution is -0.129. The molecule has 0 radical (unpaired) electrons. The first-order valence-corrected chi connectivity index (χ1v) is 6.44. The van der Waals surface area contributed by atoms with Crippen molar-refractivity contribution in [2.24, 2.45) is 11.7 Å². The van der Waals surface area contributed by atoms with Crippen LogP contribution in [0.5, 0.6) is 5.75 Å². The number of nitrogens with two attached hydrogens (primary N) is 1. The molecule has 1 aromatic rings. The molecule has 2 N–H and O–H groups in total. The Labute approximate surface area is 112 Å². The summed E-state index contributed by atoms with van der Waals surface area (Å²) in [6.07, 6.45) is 1.18. The van der Waals surface area contributed by atoms with Crippen LogP contribution in [0.3, 0.4) is 0 Å². The van der Waals surface area contributed by atoms with Crippen LogP contribution in [0.2, 0.25) is 0 Å². The summed E-state index contributed by atoms with van der Waals surface area (Å²) in [5.41, 5.74) is 6.27. The first-order valence-electron chi connectivity index (χ1n) is 6.44. The van der Waals surface area contributed by atoms with Crippen molar-refractivity contribution in [1.29, 1.82) is 0 Å². The molecule has 19 heavy (non-hydrogen) atoms. The Hall–Kier alpha value is -1.62. The molecule has 0 spiro atoms. The molecule has 0 unspecified atom stereocenters. The van der Waals surface area contributed by atoms with Gasteiger partial charge in [-0.1, -0.05) is 6.07 Å². The predicted octanol–water partition coefficient (Wildman–Crippen LogP) is 1.18. The van der Waals surface area contributed by atoms with Gasteiger partial charge in [0.1, 0.15) is 0 Å². The highest BCUT2D eigenvalue weighted by molar-refractivity contribution is 5.79. The number of benzene rings is 1. The van der Waals surface area contributed by atoms with Gasteiger partial charge in [-0.3, -0.25) is 4.79 Å². The number of nitrogens with zero attached hydrogens (tertiary/aromatic N) is 1. The molecule has 0 saturated carbocycles. The molecule has 1 fully saturated rings. The fourth-order valence-electron chi connectivity index (χ4n) is 2.36. The zero-order valence-corrected chi connectivity index (χ0v) is 11.1. The molecule has 2 rings (SSSR count). The monoisotopic (exact) mass is 266 g/mol. The van der Waals surface area contributed by atoms with E-state index in [0.29, 0.717) is 24.6 Å². The molecule has 1 aromatic carbocycles. The van der Waals surface area contributed by atoms with E-state index in [2.05, 4.69) is 0 Å². The van der Waals surface area contributed by atoms with E-state index in [-0.39, 0.29) is 18.1 Å². The maximum atomic E-state index is 13.5. The fraction of sp³-hybridized carbons (Fsp3) is 0.500.